The number of hydrogen-bond acceptors (Lipinski definition) is 2. The molecule has 1 aromatic carbocycles. The summed E-state index contributed by atoms with van der Waals surface area (Å²) in [7, 11) is -3.17. The van der Waals surface area contributed by atoms with Crippen LogP contribution < -0.4 is 4.72 Å². The Morgan fingerprint density at radius 3 is 2.82 bits per heavy atom. The van der Waals surface area contributed by atoms with Gasteiger partial charge in [0.1, 0.15) is 0 Å². The van der Waals surface area contributed by atoms with Gasteiger partial charge in [-0.25, -0.2) is 13.1 Å². The van der Waals surface area contributed by atoms with Crippen molar-refractivity contribution >= 4 is 26.0 Å². The molecule has 2 rings (SSSR count). The predicted octanol–water partition coefficient (Wildman–Crippen LogP) is 2.38. The van der Waals surface area contributed by atoms with Gasteiger partial charge in [0.2, 0.25) is 10.0 Å². The SMILES string of the molecule is CCCS(=O)(=O)NC1c2ccccc2CC1Br. The molecule has 2 unspecified atom stereocenters. The molecule has 1 aromatic rings. The normalized spacial score (nSPS) is 23.6. The third-order valence-electron chi connectivity index (χ3n) is 2.95. The van der Waals surface area contributed by atoms with E-state index in [2.05, 4.69) is 26.7 Å². The summed E-state index contributed by atoms with van der Waals surface area (Å²) in [6.07, 6.45) is 1.51. The van der Waals surface area contributed by atoms with Crippen LogP contribution >= 0.6 is 15.9 Å². The third kappa shape index (κ3) is 2.89. The fraction of sp³-hybridized carbons (Fsp3) is 0.500. The lowest BCUT2D eigenvalue weighted by Crippen LogP contribution is -2.33. The van der Waals surface area contributed by atoms with Crippen LogP contribution in [0, 0.1) is 0 Å². The van der Waals surface area contributed by atoms with Crippen molar-refractivity contribution in [1.82, 2.24) is 4.72 Å². The predicted molar refractivity (Wildman–Crippen MR) is 72.8 cm³/mol. The minimum Gasteiger partial charge on any atom is -0.212 e. The van der Waals surface area contributed by atoms with Crippen LogP contribution in [-0.4, -0.2) is 19.0 Å². The van der Waals surface area contributed by atoms with Crippen molar-refractivity contribution in [3.8, 4) is 0 Å². The third-order valence-corrected chi connectivity index (χ3v) is 5.36. The fourth-order valence-corrected chi connectivity index (χ4v) is 4.48. The van der Waals surface area contributed by atoms with E-state index >= 15 is 0 Å². The Labute approximate surface area is 111 Å². The summed E-state index contributed by atoms with van der Waals surface area (Å²) >= 11 is 3.56. The molecule has 0 radical (unpaired) electrons. The van der Waals surface area contributed by atoms with E-state index < -0.39 is 10.0 Å². The van der Waals surface area contributed by atoms with Gasteiger partial charge in [-0.15, -0.1) is 0 Å². The Balaban J connectivity index is 2.23. The highest BCUT2D eigenvalue weighted by Gasteiger charge is 2.32. The summed E-state index contributed by atoms with van der Waals surface area (Å²) in [5.41, 5.74) is 2.31. The average Bonchev–Trinajstić information content (AvgIpc) is 2.55. The van der Waals surface area contributed by atoms with E-state index in [9.17, 15) is 8.42 Å². The molecule has 17 heavy (non-hydrogen) atoms. The van der Waals surface area contributed by atoms with Gasteiger partial charge in [-0.05, 0) is 24.0 Å². The van der Waals surface area contributed by atoms with Gasteiger partial charge in [0.15, 0.2) is 0 Å². The molecule has 0 amide bonds. The summed E-state index contributed by atoms with van der Waals surface area (Å²) < 4.78 is 26.4. The monoisotopic (exact) mass is 317 g/mol. The van der Waals surface area contributed by atoms with E-state index in [0.717, 1.165) is 12.0 Å². The Morgan fingerprint density at radius 1 is 1.41 bits per heavy atom. The van der Waals surface area contributed by atoms with E-state index in [1.165, 1.54) is 5.56 Å². The molecule has 1 aliphatic rings. The summed E-state index contributed by atoms with van der Waals surface area (Å²) in [4.78, 5) is 0.145. The lowest BCUT2D eigenvalue weighted by atomic mass is 10.1. The highest BCUT2D eigenvalue weighted by molar-refractivity contribution is 9.09. The van der Waals surface area contributed by atoms with Crippen molar-refractivity contribution in [2.45, 2.75) is 30.6 Å². The van der Waals surface area contributed by atoms with Gasteiger partial charge in [0.05, 0.1) is 11.8 Å². The van der Waals surface area contributed by atoms with Gasteiger partial charge >= 0.3 is 0 Å². The van der Waals surface area contributed by atoms with Crippen molar-refractivity contribution in [3.63, 3.8) is 0 Å². The maximum Gasteiger partial charge on any atom is 0.212 e. The van der Waals surface area contributed by atoms with Crippen LogP contribution in [-0.2, 0) is 16.4 Å². The number of halogens is 1. The minimum absolute atomic E-state index is 0.136. The molecule has 0 heterocycles. The molecule has 1 aliphatic carbocycles. The molecule has 5 heteroatoms. The number of sulfonamides is 1. The molecule has 0 saturated heterocycles. The molecule has 3 nitrogen and oxygen atoms in total. The highest BCUT2D eigenvalue weighted by atomic mass is 79.9. The van der Waals surface area contributed by atoms with Gasteiger partial charge in [-0.3, -0.25) is 0 Å². The molecule has 0 saturated carbocycles. The summed E-state index contributed by atoms with van der Waals surface area (Å²) in [6, 6.07) is 7.85. The largest absolute Gasteiger partial charge is 0.212 e. The minimum atomic E-state index is -3.17. The highest BCUT2D eigenvalue weighted by Crippen LogP contribution is 2.36. The first-order valence-corrected chi connectivity index (χ1v) is 8.32. The molecular weight excluding hydrogens is 302 g/mol. The van der Waals surface area contributed by atoms with Gasteiger partial charge in [-0.2, -0.15) is 0 Å². The molecule has 0 aromatic heterocycles. The zero-order valence-corrected chi connectivity index (χ0v) is 12.1. The fourth-order valence-electron chi connectivity index (χ4n) is 2.20. The van der Waals surface area contributed by atoms with E-state index in [-0.39, 0.29) is 16.6 Å². The zero-order valence-electron chi connectivity index (χ0n) is 9.69. The van der Waals surface area contributed by atoms with Crippen molar-refractivity contribution in [2.75, 3.05) is 5.75 Å². The molecule has 0 spiro atoms. The Hall–Kier alpha value is -0.390. The molecule has 0 aliphatic heterocycles. The maximum atomic E-state index is 11.8. The topological polar surface area (TPSA) is 46.2 Å². The first kappa shape index (κ1) is 13.1. The van der Waals surface area contributed by atoms with Crippen molar-refractivity contribution < 1.29 is 8.42 Å². The van der Waals surface area contributed by atoms with Gasteiger partial charge < -0.3 is 0 Å². The van der Waals surface area contributed by atoms with Crippen LogP contribution in [0.25, 0.3) is 0 Å². The van der Waals surface area contributed by atoms with E-state index in [4.69, 9.17) is 0 Å². The lowest BCUT2D eigenvalue weighted by molar-refractivity contribution is 0.558. The van der Waals surface area contributed by atoms with Gasteiger partial charge in [0.25, 0.3) is 0 Å². The number of rotatable bonds is 4. The molecule has 0 fully saturated rings. The van der Waals surface area contributed by atoms with Gasteiger partial charge in [0, 0.05) is 4.83 Å². The Bertz CT molecular complexity index is 501. The Kier molecular flexibility index (Phi) is 3.90. The Morgan fingerprint density at radius 2 is 2.12 bits per heavy atom. The molecule has 0 bridgehead atoms. The molecule has 2 atom stereocenters. The molecule has 1 N–H and O–H groups in total. The van der Waals surface area contributed by atoms with E-state index in [1.54, 1.807) is 0 Å². The van der Waals surface area contributed by atoms with Crippen LogP contribution in [0.4, 0.5) is 0 Å². The number of fused-ring (bicyclic) bond motifs is 1. The van der Waals surface area contributed by atoms with Crippen molar-refractivity contribution in [2.24, 2.45) is 0 Å². The first-order chi connectivity index (χ1) is 8.03. The smallest absolute Gasteiger partial charge is 0.212 e. The maximum absolute atomic E-state index is 11.8. The van der Waals surface area contributed by atoms with Crippen LogP contribution in [0.5, 0.6) is 0 Å². The summed E-state index contributed by atoms with van der Waals surface area (Å²) in [5, 5.41) is 0. The standard InChI is InChI=1S/C12H16BrNO2S/c1-2-7-17(15,16)14-12-10-6-4-3-5-9(10)8-11(12)13/h3-6,11-12,14H,2,7-8H2,1H3. The second-order valence-corrected chi connectivity index (χ2v) is 7.38. The van der Waals surface area contributed by atoms with Crippen LogP contribution in [0.3, 0.4) is 0 Å². The number of benzene rings is 1. The summed E-state index contributed by atoms with van der Waals surface area (Å²) in [5.74, 6) is 0.186. The van der Waals surface area contributed by atoms with E-state index in [1.807, 2.05) is 25.1 Å². The quantitative estimate of drug-likeness (QED) is 0.867. The average molecular weight is 318 g/mol. The number of nitrogens with one attached hydrogen (secondary N) is 1. The first-order valence-electron chi connectivity index (χ1n) is 5.75. The number of hydrogen-bond donors (Lipinski definition) is 1. The molecular formula is C12H16BrNO2S. The second-order valence-electron chi connectivity index (χ2n) is 4.33. The van der Waals surface area contributed by atoms with Crippen LogP contribution in [0.2, 0.25) is 0 Å². The zero-order chi connectivity index (χ0) is 12.5. The summed E-state index contributed by atoms with van der Waals surface area (Å²) in [6.45, 7) is 1.87. The van der Waals surface area contributed by atoms with Crippen molar-refractivity contribution in [1.29, 1.82) is 0 Å². The van der Waals surface area contributed by atoms with Crippen LogP contribution in [0.15, 0.2) is 24.3 Å². The van der Waals surface area contributed by atoms with Crippen molar-refractivity contribution in [3.05, 3.63) is 35.4 Å². The van der Waals surface area contributed by atoms with Gasteiger partial charge in [-0.1, -0.05) is 47.1 Å². The number of alkyl halides is 1. The molecule has 94 valence electrons. The lowest BCUT2D eigenvalue weighted by Gasteiger charge is -2.17. The van der Waals surface area contributed by atoms with Crippen LogP contribution in [0.1, 0.15) is 30.5 Å². The second kappa shape index (κ2) is 5.08. The van der Waals surface area contributed by atoms with E-state index in [0.29, 0.717) is 6.42 Å².